The van der Waals surface area contributed by atoms with E-state index in [1.165, 1.54) is 0 Å². The van der Waals surface area contributed by atoms with E-state index in [2.05, 4.69) is 10.3 Å². The molecule has 0 fully saturated rings. The average Bonchev–Trinajstić information content (AvgIpc) is 2.35. The van der Waals surface area contributed by atoms with Gasteiger partial charge in [0, 0.05) is 28.9 Å². The van der Waals surface area contributed by atoms with Crippen LogP contribution >= 0.6 is 0 Å². The molecular formula is C12H14F3N3OS. The Bertz CT molecular complexity index is 540. The molecular weight excluding hydrogens is 291 g/mol. The Kier molecular flexibility index (Phi) is 5.51. The number of alkyl halides is 3. The summed E-state index contributed by atoms with van der Waals surface area (Å²) in [6.45, 7) is 1.73. The maximum Gasteiger partial charge on any atom is 0.433 e. The van der Waals surface area contributed by atoms with E-state index in [1.807, 2.05) is 0 Å². The van der Waals surface area contributed by atoms with Crippen molar-refractivity contribution in [3.8, 4) is 6.07 Å². The molecule has 0 radical (unpaired) electrons. The summed E-state index contributed by atoms with van der Waals surface area (Å²) in [6, 6.07) is 3.42. The molecule has 0 spiro atoms. The molecule has 0 aliphatic carbocycles. The van der Waals surface area contributed by atoms with E-state index in [9.17, 15) is 17.4 Å². The predicted octanol–water partition coefficient (Wildman–Crippen LogP) is 2.54. The number of pyridine rings is 1. The quantitative estimate of drug-likeness (QED) is 0.908. The Balaban J connectivity index is 2.92. The lowest BCUT2D eigenvalue weighted by Crippen LogP contribution is -2.20. The Morgan fingerprint density at radius 2 is 2.15 bits per heavy atom. The molecule has 0 amide bonds. The molecule has 1 N–H and O–H groups in total. The molecule has 2 unspecified atom stereocenters. The highest BCUT2D eigenvalue weighted by molar-refractivity contribution is 7.84. The van der Waals surface area contributed by atoms with Gasteiger partial charge in [-0.15, -0.1) is 0 Å². The van der Waals surface area contributed by atoms with Crippen LogP contribution < -0.4 is 5.32 Å². The number of hydrogen-bond donors (Lipinski definition) is 1. The first-order valence-electron chi connectivity index (χ1n) is 5.79. The number of anilines is 1. The molecule has 4 nitrogen and oxygen atoms in total. The van der Waals surface area contributed by atoms with Crippen LogP contribution in [0.25, 0.3) is 0 Å². The first kappa shape index (κ1) is 16.4. The molecule has 110 valence electrons. The number of nitriles is 1. The molecule has 20 heavy (non-hydrogen) atoms. The van der Waals surface area contributed by atoms with E-state index in [0.717, 1.165) is 12.1 Å². The maximum atomic E-state index is 12.6. The number of nitrogens with one attached hydrogen (secondary N) is 1. The van der Waals surface area contributed by atoms with Gasteiger partial charge >= 0.3 is 6.18 Å². The molecule has 1 aromatic heterocycles. The maximum absolute atomic E-state index is 12.6. The number of nitrogens with zero attached hydrogens (tertiary/aromatic N) is 2. The van der Waals surface area contributed by atoms with Gasteiger partial charge in [-0.3, -0.25) is 4.21 Å². The fraction of sp³-hybridized carbons (Fsp3) is 0.500. The summed E-state index contributed by atoms with van der Waals surface area (Å²) >= 11 is 0. The van der Waals surface area contributed by atoms with Crippen LogP contribution in [0.2, 0.25) is 0 Å². The van der Waals surface area contributed by atoms with Crippen LogP contribution in [0.4, 0.5) is 19.0 Å². The highest BCUT2D eigenvalue weighted by Gasteiger charge is 2.33. The van der Waals surface area contributed by atoms with Gasteiger partial charge in [-0.25, -0.2) is 4.98 Å². The van der Waals surface area contributed by atoms with Gasteiger partial charge in [0.15, 0.2) is 0 Å². The second-order valence-corrected chi connectivity index (χ2v) is 5.87. The third-order valence-corrected chi connectivity index (χ3v) is 3.34. The normalized spacial score (nSPS) is 14.4. The van der Waals surface area contributed by atoms with Crippen LogP contribution in [0, 0.1) is 11.3 Å². The standard InChI is InChI=1S/C12H14F3N3OS/c1-8(5-6-20(2)19)17-11-9(7-16)3-4-10(18-11)12(13,14)15/h3-4,8H,5-6H2,1-2H3,(H,17,18). The minimum Gasteiger partial charge on any atom is -0.366 e. The molecule has 1 rings (SSSR count). The molecule has 1 aromatic rings. The minimum atomic E-state index is -4.56. The van der Waals surface area contributed by atoms with Crippen LogP contribution in [-0.4, -0.2) is 27.2 Å². The van der Waals surface area contributed by atoms with Gasteiger partial charge in [0.05, 0.1) is 5.56 Å². The van der Waals surface area contributed by atoms with Crippen LogP contribution in [0.5, 0.6) is 0 Å². The van der Waals surface area contributed by atoms with Crippen LogP contribution in [0.3, 0.4) is 0 Å². The Hall–Kier alpha value is -1.62. The average molecular weight is 305 g/mol. The van der Waals surface area contributed by atoms with E-state index < -0.39 is 22.7 Å². The van der Waals surface area contributed by atoms with Crippen molar-refractivity contribution in [3.05, 3.63) is 23.4 Å². The highest BCUT2D eigenvalue weighted by atomic mass is 32.2. The molecule has 1 heterocycles. The van der Waals surface area contributed by atoms with Crippen LogP contribution in [0.1, 0.15) is 24.6 Å². The van der Waals surface area contributed by atoms with Crippen molar-refractivity contribution >= 4 is 16.6 Å². The summed E-state index contributed by atoms with van der Waals surface area (Å²) < 4.78 is 48.7. The zero-order chi connectivity index (χ0) is 15.3. The molecule has 0 aromatic carbocycles. The Morgan fingerprint density at radius 3 is 2.65 bits per heavy atom. The van der Waals surface area contributed by atoms with Crippen LogP contribution in [-0.2, 0) is 17.0 Å². The van der Waals surface area contributed by atoms with Crippen molar-refractivity contribution in [3.63, 3.8) is 0 Å². The highest BCUT2D eigenvalue weighted by Crippen LogP contribution is 2.29. The van der Waals surface area contributed by atoms with Crippen molar-refractivity contribution < 1.29 is 17.4 Å². The molecule has 0 aliphatic heterocycles. The molecule has 0 saturated carbocycles. The topological polar surface area (TPSA) is 65.8 Å². The summed E-state index contributed by atoms with van der Waals surface area (Å²) in [6.07, 6.45) is -2.50. The summed E-state index contributed by atoms with van der Waals surface area (Å²) in [5.41, 5.74) is -1.01. The molecule has 8 heteroatoms. The molecule has 0 aliphatic rings. The van der Waals surface area contributed by atoms with Gasteiger partial charge in [-0.05, 0) is 25.5 Å². The van der Waals surface area contributed by atoms with E-state index in [0.29, 0.717) is 12.2 Å². The Labute approximate surface area is 117 Å². The predicted molar refractivity (Wildman–Crippen MR) is 70.6 cm³/mol. The number of aromatic nitrogens is 1. The lowest BCUT2D eigenvalue weighted by Gasteiger charge is -2.16. The fourth-order valence-electron chi connectivity index (χ4n) is 1.47. The lowest BCUT2D eigenvalue weighted by atomic mass is 10.2. The third-order valence-electron chi connectivity index (χ3n) is 2.53. The number of hydrogen-bond acceptors (Lipinski definition) is 4. The number of rotatable bonds is 5. The van der Waals surface area contributed by atoms with Gasteiger partial charge in [-0.1, -0.05) is 0 Å². The van der Waals surface area contributed by atoms with E-state index in [4.69, 9.17) is 5.26 Å². The first-order chi connectivity index (χ1) is 9.24. The van der Waals surface area contributed by atoms with Crippen LogP contribution in [0.15, 0.2) is 12.1 Å². The Morgan fingerprint density at radius 1 is 1.50 bits per heavy atom. The first-order valence-corrected chi connectivity index (χ1v) is 7.51. The molecule has 2 atom stereocenters. The van der Waals surface area contributed by atoms with Crippen molar-refractivity contribution in [1.29, 1.82) is 5.26 Å². The number of halogens is 3. The zero-order valence-electron chi connectivity index (χ0n) is 11.0. The van der Waals surface area contributed by atoms with E-state index >= 15 is 0 Å². The molecule has 0 saturated heterocycles. The minimum absolute atomic E-state index is 0.0440. The smallest absolute Gasteiger partial charge is 0.366 e. The summed E-state index contributed by atoms with van der Waals surface area (Å²) in [7, 11) is -0.975. The second-order valence-electron chi connectivity index (χ2n) is 4.31. The largest absolute Gasteiger partial charge is 0.433 e. The van der Waals surface area contributed by atoms with Gasteiger partial charge in [-0.2, -0.15) is 18.4 Å². The van der Waals surface area contributed by atoms with Crippen molar-refractivity contribution in [2.45, 2.75) is 25.6 Å². The van der Waals surface area contributed by atoms with Gasteiger partial charge in [0.25, 0.3) is 0 Å². The van der Waals surface area contributed by atoms with Crippen molar-refractivity contribution in [1.82, 2.24) is 4.98 Å². The summed E-state index contributed by atoms with van der Waals surface area (Å²) in [4.78, 5) is 3.45. The van der Waals surface area contributed by atoms with Crippen molar-refractivity contribution in [2.24, 2.45) is 0 Å². The van der Waals surface area contributed by atoms with E-state index in [1.54, 1.807) is 19.2 Å². The second kappa shape index (κ2) is 6.70. The fourth-order valence-corrected chi connectivity index (χ4v) is 2.15. The summed E-state index contributed by atoms with van der Waals surface area (Å²) in [5.74, 6) is 0.325. The van der Waals surface area contributed by atoms with Crippen molar-refractivity contribution in [2.75, 3.05) is 17.3 Å². The van der Waals surface area contributed by atoms with Gasteiger partial charge in [0.2, 0.25) is 0 Å². The lowest BCUT2D eigenvalue weighted by molar-refractivity contribution is -0.141. The van der Waals surface area contributed by atoms with Gasteiger partial charge < -0.3 is 5.32 Å². The zero-order valence-corrected chi connectivity index (χ0v) is 11.8. The SMILES string of the molecule is CC(CCS(C)=O)Nc1nc(C(F)(F)F)ccc1C#N. The monoisotopic (exact) mass is 305 g/mol. The molecule has 0 bridgehead atoms. The summed E-state index contributed by atoms with van der Waals surface area (Å²) in [5, 5.41) is 11.6. The van der Waals surface area contributed by atoms with E-state index in [-0.39, 0.29) is 17.4 Å². The third kappa shape index (κ3) is 4.81. The van der Waals surface area contributed by atoms with Gasteiger partial charge in [0.1, 0.15) is 17.6 Å².